The molecule has 0 aliphatic carbocycles. The van der Waals surface area contributed by atoms with Gasteiger partial charge in [-0.15, -0.1) is 0 Å². The van der Waals surface area contributed by atoms with Gasteiger partial charge in [-0.2, -0.15) is 0 Å². The van der Waals surface area contributed by atoms with Crippen LogP contribution in [-0.4, -0.2) is 90.8 Å². The van der Waals surface area contributed by atoms with E-state index in [0.29, 0.717) is 47.7 Å². The lowest BCUT2D eigenvalue weighted by Gasteiger charge is -2.27. The lowest BCUT2D eigenvalue weighted by Crippen LogP contribution is -2.37. The van der Waals surface area contributed by atoms with Gasteiger partial charge in [0.2, 0.25) is 0 Å². The van der Waals surface area contributed by atoms with Crippen LogP contribution in [0.2, 0.25) is 0 Å². The molecule has 12 heteroatoms. The molecule has 0 saturated heterocycles. The minimum Gasteiger partial charge on any atom is -0.756 e. The average molecular weight is 448 g/mol. The monoisotopic (exact) mass is 448 g/mol. The quantitative estimate of drug-likeness (QED) is 0.184. The Morgan fingerprint density at radius 1 is 0.571 bits per heavy atom. The molecule has 0 amide bonds. The second kappa shape index (κ2) is 12.7. The fourth-order valence-electron chi connectivity index (χ4n) is 1.84. The Hall–Kier alpha value is 0.140. The van der Waals surface area contributed by atoms with Crippen molar-refractivity contribution in [3.63, 3.8) is 0 Å². The second-order valence-corrected chi connectivity index (χ2v) is 11.5. The van der Waals surface area contributed by atoms with Gasteiger partial charge in [0.25, 0.3) is 15.6 Å². The minimum atomic E-state index is -4.27. The molecule has 0 bridgehead atoms. The van der Waals surface area contributed by atoms with Crippen molar-refractivity contribution >= 4 is 15.6 Å². The third-order valence-corrected chi connectivity index (χ3v) is 5.56. The molecular formula is C16H38N2O8P2. The van der Waals surface area contributed by atoms with E-state index < -0.39 is 15.6 Å². The van der Waals surface area contributed by atoms with E-state index in [9.17, 15) is 18.9 Å². The molecule has 10 nitrogen and oxygen atoms in total. The molecule has 0 fully saturated rings. The maximum atomic E-state index is 11.6. The van der Waals surface area contributed by atoms with Crippen molar-refractivity contribution < 1.29 is 46.0 Å². The zero-order valence-electron chi connectivity index (χ0n) is 18.1. The molecule has 0 aromatic heterocycles. The predicted molar refractivity (Wildman–Crippen MR) is 103 cm³/mol. The summed E-state index contributed by atoms with van der Waals surface area (Å²) in [7, 11) is 3.09. The third kappa shape index (κ3) is 19.5. The van der Waals surface area contributed by atoms with Gasteiger partial charge in [0.1, 0.15) is 26.3 Å². The van der Waals surface area contributed by atoms with Crippen molar-refractivity contribution in [3.8, 4) is 0 Å². The van der Waals surface area contributed by atoms with E-state index in [0.717, 1.165) is 0 Å². The molecule has 0 aliphatic heterocycles. The number of phosphoric acid groups is 2. The summed E-state index contributed by atoms with van der Waals surface area (Å²) in [5.74, 6) is 0. The van der Waals surface area contributed by atoms with E-state index in [2.05, 4.69) is 0 Å². The van der Waals surface area contributed by atoms with Crippen LogP contribution < -0.4 is 9.79 Å². The first kappa shape index (κ1) is 28.1. The van der Waals surface area contributed by atoms with Crippen molar-refractivity contribution in [1.82, 2.24) is 0 Å². The van der Waals surface area contributed by atoms with Crippen LogP contribution >= 0.6 is 15.6 Å². The average Bonchev–Trinajstić information content (AvgIpc) is 2.46. The van der Waals surface area contributed by atoms with Crippen LogP contribution in [0.1, 0.15) is 25.7 Å². The van der Waals surface area contributed by atoms with E-state index in [-0.39, 0.29) is 26.4 Å². The molecule has 0 rings (SSSR count). The van der Waals surface area contributed by atoms with Crippen LogP contribution in [0.4, 0.5) is 0 Å². The Morgan fingerprint density at radius 2 is 0.857 bits per heavy atom. The van der Waals surface area contributed by atoms with Crippen molar-refractivity contribution in [2.24, 2.45) is 0 Å². The number of nitrogens with zero attached hydrogens (tertiary/aromatic N) is 2. The zero-order valence-corrected chi connectivity index (χ0v) is 19.9. The van der Waals surface area contributed by atoms with Crippen LogP contribution in [0.25, 0.3) is 0 Å². The highest BCUT2D eigenvalue weighted by molar-refractivity contribution is 7.46. The number of hydrogen-bond donors (Lipinski definition) is 0. The van der Waals surface area contributed by atoms with Gasteiger partial charge in [-0.1, -0.05) is 12.8 Å². The molecule has 170 valence electrons. The van der Waals surface area contributed by atoms with Crippen molar-refractivity contribution in [2.75, 3.05) is 81.8 Å². The van der Waals surface area contributed by atoms with Crippen molar-refractivity contribution in [3.05, 3.63) is 0 Å². The van der Waals surface area contributed by atoms with Gasteiger partial charge >= 0.3 is 0 Å². The first-order valence-corrected chi connectivity index (χ1v) is 12.4. The number of quaternary nitrogens is 2. The van der Waals surface area contributed by atoms with E-state index in [1.54, 1.807) is 0 Å². The lowest BCUT2D eigenvalue weighted by molar-refractivity contribution is -0.870. The van der Waals surface area contributed by atoms with Crippen LogP contribution in [0.15, 0.2) is 0 Å². The third-order valence-electron chi connectivity index (χ3n) is 3.56. The second-order valence-electron chi connectivity index (χ2n) is 8.67. The molecule has 0 heterocycles. The fourth-order valence-corrected chi connectivity index (χ4v) is 3.30. The maximum Gasteiger partial charge on any atom is 0.268 e. The van der Waals surface area contributed by atoms with Gasteiger partial charge in [0, 0.05) is 0 Å². The normalized spacial score (nSPS) is 17.3. The van der Waals surface area contributed by atoms with Crippen LogP contribution in [0.3, 0.4) is 0 Å². The largest absolute Gasteiger partial charge is 0.756 e. The van der Waals surface area contributed by atoms with Gasteiger partial charge < -0.3 is 36.8 Å². The van der Waals surface area contributed by atoms with E-state index in [1.807, 2.05) is 42.3 Å². The molecule has 2 atom stereocenters. The standard InChI is InChI=1S/C16H38N2O8P2/c1-17(2,3)11-15-25-27(19,20)23-13-9-7-8-10-14-24-28(21,22)26-16-12-18(4,5)6/h7-16H2,1-6H3. The summed E-state index contributed by atoms with van der Waals surface area (Å²) in [6, 6.07) is 0. The van der Waals surface area contributed by atoms with Gasteiger partial charge in [0.15, 0.2) is 0 Å². The van der Waals surface area contributed by atoms with Crippen LogP contribution in [0.5, 0.6) is 0 Å². The SMILES string of the molecule is C[N+](C)(C)CCOP(=O)([O-])OCCCCCCOP(=O)([O-])OCC[N+](C)(C)C. The number of unbranched alkanes of at least 4 members (excludes halogenated alkanes) is 3. The minimum absolute atomic E-state index is 0.0419. The molecular weight excluding hydrogens is 410 g/mol. The Bertz CT molecular complexity index is 474. The smallest absolute Gasteiger partial charge is 0.268 e. The summed E-state index contributed by atoms with van der Waals surface area (Å²) < 4.78 is 43.6. The molecule has 0 spiro atoms. The summed E-state index contributed by atoms with van der Waals surface area (Å²) in [6.45, 7) is 1.35. The highest BCUT2D eigenvalue weighted by Crippen LogP contribution is 2.39. The highest BCUT2D eigenvalue weighted by Gasteiger charge is 2.14. The van der Waals surface area contributed by atoms with Crippen LogP contribution in [-0.2, 0) is 27.2 Å². The molecule has 0 saturated carbocycles. The Labute approximate surface area is 169 Å². The van der Waals surface area contributed by atoms with E-state index in [1.165, 1.54) is 0 Å². The summed E-state index contributed by atoms with van der Waals surface area (Å²) in [6.07, 6.45) is 2.43. The summed E-state index contributed by atoms with van der Waals surface area (Å²) in [5.41, 5.74) is 0. The number of likely N-dealkylation sites (N-methyl/N-ethyl adjacent to an activating group) is 2. The summed E-state index contributed by atoms with van der Waals surface area (Å²) in [5, 5.41) is 0. The fraction of sp³-hybridized carbons (Fsp3) is 1.00. The van der Waals surface area contributed by atoms with Crippen molar-refractivity contribution in [1.29, 1.82) is 0 Å². The number of phosphoric ester groups is 2. The highest BCUT2D eigenvalue weighted by atomic mass is 31.2. The molecule has 28 heavy (non-hydrogen) atoms. The van der Waals surface area contributed by atoms with Gasteiger partial charge in [-0.25, -0.2) is 0 Å². The van der Waals surface area contributed by atoms with Gasteiger partial charge in [0.05, 0.1) is 55.5 Å². The number of rotatable bonds is 17. The zero-order chi connectivity index (χ0) is 21.9. The summed E-state index contributed by atoms with van der Waals surface area (Å²) >= 11 is 0. The van der Waals surface area contributed by atoms with Gasteiger partial charge in [-0.3, -0.25) is 9.13 Å². The molecule has 2 unspecified atom stereocenters. The molecule has 0 aliphatic rings. The Balaban J connectivity index is 3.70. The van der Waals surface area contributed by atoms with Gasteiger partial charge in [-0.05, 0) is 12.8 Å². The maximum absolute atomic E-state index is 11.6. The predicted octanol–water partition coefficient (Wildman–Crippen LogP) is 0.962. The molecule has 0 radical (unpaired) electrons. The van der Waals surface area contributed by atoms with E-state index in [4.69, 9.17) is 18.1 Å². The lowest BCUT2D eigenvalue weighted by atomic mass is 10.2. The van der Waals surface area contributed by atoms with Crippen LogP contribution in [0, 0.1) is 0 Å². The number of hydrogen-bond acceptors (Lipinski definition) is 8. The Kier molecular flexibility index (Phi) is 12.8. The van der Waals surface area contributed by atoms with Crippen molar-refractivity contribution in [2.45, 2.75) is 25.7 Å². The topological polar surface area (TPSA) is 117 Å². The molecule has 0 aromatic carbocycles. The molecule has 0 aromatic rings. The first-order chi connectivity index (χ1) is 12.6. The first-order valence-electron chi connectivity index (χ1n) is 9.43. The Morgan fingerprint density at radius 3 is 1.14 bits per heavy atom. The summed E-state index contributed by atoms with van der Waals surface area (Å²) in [4.78, 5) is 23.2. The molecule has 0 N–H and O–H groups in total. The van der Waals surface area contributed by atoms with E-state index >= 15 is 0 Å².